The largest absolute Gasteiger partial charge is 0.394 e. The third kappa shape index (κ3) is 55.1. The van der Waals surface area contributed by atoms with E-state index >= 15 is 0 Å². The van der Waals surface area contributed by atoms with Crippen LogP contribution in [0.4, 0.5) is 0 Å². The van der Waals surface area contributed by atoms with E-state index in [-0.39, 0.29) is 90.2 Å². The lowest BCUT2D eigenvalue weighted by atomic mass is 10.0. The lowest BCUT2D eigenvalue weighted by Gasteiger charge is -2.19. The molecule has 0 aliphatic carbocycles. The molecule has 8 atom stereocenters. The van der Waals surface area contributed by atoms with E-state index in [1.54, 1.807) is 12.4 Å². The van der Waals surface area contributed by atoms with Gasteiger partial charge in [0.2, 0.25) is 0 Å². The highest BCUT2D eigenvalue weighted by Gasteiger charge is 2.42. The minimum Gasteiger partial charge on any atom is -0.394 e. The average Bonchev–Trinajstić information content (AvgIpc) is 1.72. The number of aliphatic hydroxyl groups excluding tert-OH is 4. The SMILES string of the molecule is C/C(OC#N)=C(\N=CC(C)C)C(=N)N.C/C(OC#N)=C(\N=CC(C)C)C(=N)N.CC.CCCCCCCCCCCCCCCCCCCCCCOC1C(C)OC(CO)C1O.CCCCCCCCCCCCCCCCCCCCCCOC1C(CO)OC(C)C1O. The lowest BCUT2D eigenvalue weighted by molar-refractivity contribution is -0.0549. The van der Waals surface area contributed by atoms with Crippen molar-refractivity contribution in [2.24, 2.45) is 33.3 Å². The van der Waals surface area contributed by atoms with Crippen LogP contribution in [-0.2, 0) is 28.4 Å². The van der Waals surface area contributed by atoms with Gasteiger partial charge in [0, 0.05) is 25.6 Å². The molecule has 2 aliphatic rings. The van der Waals surface area contributed by atoms with Crippen molar-refractivity contribution in [1.82, 2.24) is 0 Å². The number of nitriles is 2. The van der Waals surface area contributed by atoms with Crippen LogP contribution in [0.3, 0.4) is 0 Å². The van der Waals surface area contributed by atoms with Crippen LogP contribution in [0.5, 0.6) is 0 Å². The van der Waals surface area contributed by atoms with Crippen molar-refractivity contribution in [2.75, 3.05) is 26.4 Å². The molecule has 0 bridgehead atoms. The minimum absolute atomic E-state index is 0.0919. The molecule has 0 radical (unpaired) electrons. The average molecular weight is 1330 g/mol. The first kappa shape index (κ1) is 94.2. The second kappa shape index (κ2) is 68.9. The molecule has 550 valence electrons. The van der Waals surface area contributed by atoms with Crippen LogP contribution in [0, 0.1) is 45.7 Å². The van der Waals surface area contributed by atoms with Crippen molar-refractivity contribution in [2.45, 2.75) is 389 Å². The molecule has 10 N–H and O–H groups in total. The Bertz CT molecular complexity index is 1890. The van der Waals surface area contributed by atoms with Gasteiger partial charge in [0.05, 0.1) is 25.4 Å². The summed E-state index contributed by atoms with van der Waals surface area (Å²) >= 11 is 0. The Morgan fingerprint density at radius 3 is 0.936 bits per heavy atom. The van der Waals surface area contributed by atoms with Crippen molar-refractivity contribution in [3.63, 3.8) is 0 Å². The minimum atomic E-state index is -0.708. The number of nitrogens with two attached hydrogens (primary N) is 2. The highest BCUT2D eigenvalue weighted by atomic mass is 16.6. The first-order valence-electron chi connectivity index (χ1n) is 37.8. The van der Waals surface area contributed by atoms with E-state index in [9.17, 15) is 20.4 Å². The molecule has 2 aliphatic heterocycles. The first-order chi connectivity index (χ1) is 45.4. The fourth-order valence-electron chi connectivity index (χ4n) is 11.1. The zero-order chi connectivity index (χ0) is 70.8. The molecule has 18 nitrogen and oxygen atoms in total. The topological polar surface area (TPSA) is 308 Å². The third-order valence-electron chi connectivity index (χ3n) is 16.7. The Hall–Kier alpha value is -3.98. The van der Waals surface area contributed by atoms with Gasteiger partial charge >= 0.3 is 0 Å². The van der Waals surface area contributed by atoms with Crippen molar-refractivity contribution in [1.29, 1.82) is 21.3 Å². The number of nitrogens with zero attached hydrogens (tertiary/aromatic N) is 4. The van der Waals surface area contributed by atoms with Crippen LogP contribution >= 0.6 is 0 Å². The zero-order valence-electron chi connectivity index (χ0n) is 62.2. The second-order valence-corrected chi connectivity index (χ2v) is 26.3. The number of aliphatic hydroxyl groups is 4. The maximum Gasteiger partial charge on any atom is 0.291 e. The van der Waals surface area contributed by atoms with Crippen molar-refractivity contribution < 1.29 is 48.8 Å². The van der Waals surface area contributed by atoms with Gasteiger partial charge in [-0.2, -0.15) is 0 Å². The van der Waals surface area contributed by atoms with Crippen molar-refractivity contribution in [3.8, 4) is 12.5 Å². The summed E-state index contributed by atoms with van der Waals surface area (Å²) in [5.74, 6) is 0.538. The van der Waals surface area contributed by atoms with Gasteiger partial charge in [-0.15, -0.1) is 10.5 Å². The van der Waals surface area contributed by atoms with Gasteiger partial charge in [-0.05, 0) is 52.4 Å². The van der Waals surface area contributed by atoms with Crippen LogP contribution in [0.2, 0.25) is 0 Å². The highest BCUT2D eigenvalue weighted by molar-refractivity contribution is 5.96. The summed E-state index contributed by atoms with van der Waals surface area (Å²) in [5.41, 5.74) is 10.9. The van der Waals surface area contributed by atoms with E-state index < -0.39 is 18.3 Å². The quantitative estimate of drug-likeness (QED) is 0.00923. The van der Waals surface area contributed by atoms with E-state index in [0.717, 1.165) is 12.8 Å². The normalized spacial score (nSPS) is 19.6. The second-order valence-electron chi connectivity index (χ2n) is 26.3. The molecule has 0 spiro atoms. The lowest BCUT2D eigenvalue weighted by Crippen LogP contribution is -2.36. The maximum absolute atomic E-state index is 10.1. The Kier molecular flexibility index (Phi) is 69.1. The smallest absolute Gasteiger partial charge is 0.291 e. The standard InChI is InChI=1S/2C28H56O4.2C9H14N4O.C2H6/c1-3-4-5-6-7-8-9-10-11-12-13-14-15-16-17-18-19-20-21-22-23-31-28-25(2)32-26(24-29)27(28)30;1-3-4-5-6-7-8-9-10-11-12-13-14-15-16-17-18-19-20-21-22-23-31-28-26(24-29)32-25(2)27(28)30;2*1-6(2)4-13-8(9(11)12)7(3)14-5-10;1-2/h2*25-30H,3-24H2,1-2H3;2*4,6H,1-3H3,(H3,11,12);1-2H3/b;;2*8-7+,13-4?;. The summed E-state index contributed by atoms with van der Waals surface area (Å²) in [7, 11) is 0. The summed E-state index contributed by atoms with van der Waals surface area (Å²) in [4.78, 5) is 7.94. The highest BCUT2D eigenvalue weighted by Crippen LogP contribution is 2.26. The summed E-state index contributed by atoms with van der Waals surface area (Å²) < 4.78 is 31.7. The third-order valence-corrected chi connectivity index (χ3v) is 16.7. The fraction of sp³-hybridized carbons (Fsp3) is 0.868. The van der Waals surface area contributed by atoms with E-state index in [0.29, 0.717) is 13.2 Å². The monoisotopic (exact) mass is 1330 g/mol. The van der Waals surface area contributed by atoms with Gasteiger partial charge in [-0.25, -0.2) is 0 Å². The van der Waals surface area contributed by atoms with E-state index in [1.165, 1.54) is 270 Å². The summed E-state index contributed by atoms with van der Waals surface area (Å²) in [6, 6.07) is 0. The molecule has 2 fully saturated rings. The maximum atomic E-state index is 10.1. The summed E-state index contributed by atoms with van der Waals surface area (Å²) in [5, 5.41) is 69.6. The molecule has 2 saturated heterocycles. The number of rotatable bonds is 54. The van der Waals surface area contributed by atoms with Crippen molar-refractivity contribution >= 4 is 24.1 Å². The molecule has 2 heterocycles. The number of hydrogen-bond acceptors (Lipinski definition) is 16. The van der Waals surface area contributed by atoms with Gasteiger partial charge in [-0.3, -0.25) is 20.8 Å². The number of ether oxygens (including phenoxy) is 6. The number of aliphatic imine (C=N–C) groups is 2. The molecular formula is C76H146N8O10. The fourth-order valence-corrected chi connectivity index (χ4v) is 11.1. The molecule has 0 aromatic rings. The number of allylic oxidation sites excluding steroid dienone is 2. The van der Waals surface area contributed by atoms with Gasteiger partial charge in [0.1, 0.15) is 71.2 Å². The predicted octanol–water partition coefficient (Wildman–Crippen LogP) is 18.5. The molecule has 0 aromatic heterocycles. The number of nitrogens with one attached hydrogen (secondary N) is 2. The molecule has 0 amide bonds. The van der Waals surface area contributed by atoms with Crippen LogP contribution in [0.1, 0.15) is 340 Å². The number of hydrogen-bond donors (Lipinski definition) is 8. The Balaban J connectivity index is -0.00000124. The molecule has 2 rings (SSSR count). The van der Waals surface area contributed by atoms with E-state index in [2.05, 4.69) is 33.3 Å². The van der Waals surface area contributed by atoms with E-state index in [1.807, 2.05) is 55.4 Å². The van der Waals surface area contributed by atoms with Crippen LogP contribution in [0.25, 0.3) is 0 Å². The first-order valence-corrected chi connectivity index (χ1v) is 37.8. The van der Waals surface area contributed by atoms with E-state index in [4.69, 9.17) is 51.8 Å². The molecule has 0 saturated carbocycles. The Labute approximate surface area is 575 Å². The Morgan fingerprint density at radius 2 is 0.702 bits per heavy atom. The van der Waals surface area contributed by atoms with Gasteiger partial charge in [0.25, 0.3) is 12.5 Å². The van der Waals surface area contributed by atoms with Gasteiger partial charge in [-0.1, -0.05) is 299 Å². The van der Waals surface area contributed by atoms with Gasteiger partial charge in [0.15, 0.2) is 0 Å². The van der Waals surface area contributed by atoms with Crippen LogP contribution in [-0.4, -0.2) is 120 Å². The molecule has 94 heavy (non-hydrogen) atoms. The number of unbranched alkanes of at least 4 members (excludes halogenated alkanes) is 38. The van der Waals surface area contributed by atoms with Crippen LogP contribution < -0.4 is 11.5 Å². The molecular weight excluding hydrogens is 1180 g/mol. The summed E-state index contributed by atoms with van der Waals surface area (Å²) in [6.07, 6.45) is 58.3. The summed E-state index contributed by atoms with van der Waals surface area (Å²) in [6.45, 7) is 24.3. The number of amidine groups is 2. The molecule has 0 aromatic carbocycles. The molecule has 18 heteroatoms. The zero-order valence-corrected chi connectivity index (χ0v) is 62.2. The van der Waals surface area contributed by atoms with Gasteiger partial charge < -0.3 is 60.3 Å². The predicted molar refractivity (Wildman–Crippen MR) is 391 cm³/mol. The molecule has 8 unspecified atom stereocenters. The van der Waals surface area contributed by atoms with Crippen LogP contribution in [0.15, 0.2) is 32.9 Å². The Morgan fingerprint density at radius 1 is 0.447 bits per heavy atom. The van der Waals surface area contributed by atoms with Crippen molar-refractivity contribution in [3.05, 3.63) is 22.9 Å².